The van der Waals surface area contributed by atoms with E-state index in [4.69, 9.17) is 9.47 Å². The van der Waals surface area contributed by atoms with Crippen LogP contribution < -0.4 is 0 Å². The highest BCUT2D eigenvalue weighted by Gasteiger charge is 2.55. The van der Waals surface area contributed by atoms with Crippen molar-refractivity contribution in [1.82, 2.24) is 0 Å². The first-order valence-corrected chi connectivity index (χ1v) is 8.77. The molecule has 0 bridgehead atoms. The van der Waals surface area contributed by atoms with Gasteiger partial charge >= 0.3 is 5.97 Å². The number of hydrogen-bond donors (Lipinski definition) is 3. The van der Waals surface area contributed by atoms with Crippen molar-refractivity contribution in [3.05, 3.63) is 29.3 Å². The van der Waals surface area contributed by atoms with Crippen LogP contribution in [0.4, 0.5) is 0 Å². The van der Waals surface area contributed by atoms with Gasteiger partial charge in [-0.1, -0.05) is 13.8 Å². The summed E-state index contributed by atoms with van der Waals surface area (Å²) < 4.78 is 11.3. The number of Topliss-reactive ketones (excluding diaryl/α,β-unsaturated/α-hetero) is 1. The molecule has 0 aromatic heterocycles. The van der Waals surface area contributed by atoms with E-state index in [-0.39, 0.29) is 29.4 Å². The standard InChI is InChI=1S/C20H21NO7/c1-19(2)15-6-12(9-27-20(15,3)7-11(8-21)17(19)25)28-18(26)10-4-13(22)16(24)14(23)5-10/h4-5,7,12,15,22-24H,6,9H2,1-3H3/t12-,15?,20?/m1/s1. The summed E-state index contributed by atoms with van der Waals surface area (Å²) in [6.07, 6.45) is 1.22. The molecule has 1 aliphatic heterocycles. The zero-order chi connectivity index (χ0) is 20.9. The fourth-order valence-electron chi connectivity index (χ4n) is 4.06. The second kappa shape index (κ2) is 6.53. The van der Waals surface area contributed by atoms with Gasteiger partial charge in [-0.15, -0.1) is 0 Å². The van der Waals surface area contributed by atoms with Crippen LogP contribution in [-0.4, -0.2) is 45.4 Å². The number of rotatable bonds is 2. The summed E-state index contributed by atoms with van der Waals surface area (Å²) in [5.41, 5.74) is -1.78. The third-order valence-electron chi connectivity index (χ3n) is 5.60. The van der Waals surface area contributed by atoms with Gasteiger partial charge in [0.25, 0.3) is 0 Å². The maximum absolute atomic E-state index is 12.6. The van der Waals surface area contributed by atoms with Crippen LogP contribution in [0.1, 0.15) is 37.6 Å². The largest absolute Gasteiger partial charge is 0.504 e. The van der Waals surface area contributed by atoms with Crippen molar-refractivity contribution < 1.29 is 34.4 Å². The number of allylic oxidation sites excluding steroid dienone is 1. The summed E-state index contributed by atoms with van der Waals surface area (Å²) in [6, 6.07) is 3.90. The molecule has 1 fully saturated rings. The molecular formula is C20H21NO7. The van der Waals surface area contributed by atoms with Crippen LogP contribution in [0.5, 0.6) is 17.2 Å². The summed E-state index contributed by atoms with van der Waals surface area (Å²) in [7, 11) is 0. The molecule has 1 aromatic carbocycles. The van der Waals surface area contributed by atoms with E-state index in [2.05, 4.69) is 0 Å². The first-order valence-electron chi connectivity index (χ1n) is 8.77. The Kier molecular flexibility index (Phi) is 4.60. The molecule has 0 radical (unpaired) electrons. The summed E-state index contributed by atoms with van der Waals surface area (Å²) in [5.74, 6) is -3.42. The second-order valence-electron chi connectivity index (χ2n) is 7.89. The number of carbonyl (C=O) groups is 2. The SMILES string of the molecule is CC12C=C(C#N)C(=O)C(C)(C)C1C[C@@H](OC(=O)c1cc(O)c(O)c(O)c1)CO2. The van der Waals surface area contributed by atoms with Crippen molar-refractivity contribution in [1.29, 1.82) is 5.26 Å². The van der Waals surface area contributed by atoms with Crippen molar-refractivity contribution >= 4 is 11.8 Å². The predicted molar refractivity (Wildman–Crippen MR) is 95.6 cm³/mol. The fraction of sp³-hybridized carbons (Fsp3) is 0.450. The Morgan fingerprint density at radius 2 is 1.86 bits per heavy atom. The number of aromatic hydroxyl groups is 3. The highest BCUT2D eigenvalue weighted by Crippen LogP contribution is 2.49. The highest BCUT2D eigenvalue weighted by molar-refractivity contribution is 6.04. The summed E-state index contributed by atoms with van der Waals surface area (Å²) in [5, 5.41) is 37.7. The fourth-order valence-corrected chi connectivity index (χ4v) is 4.06. The van der Waals surface area contributed by atoms with Gasteiger partial charge in [-0.2, -0.15) is 5.26 Å². The average molecular weight is 387 g/mol. The Hall–Kier alpha value is -3.05. The number of nitriles is 1. The van der Waals surface area contributed by atoms with Gasteiger partial charge in [-0.25, -0.2) is 4.79 Å². The topological polar surface area (TPSA) is 137 Å². The molecule has 8 heteroatoms. The number of ketones is 1. The van der Waals surface area contributed by atoms with Crippen molar-refractivity contribution in [3.8, 4) is 23.3 Å². The monoisotopic (exact) mass is 387 g/mol. The molecule has 1 aromatic rings. The van der Waals surface area contributed by atoms with E-state index >= 15 is 0 Å². The molecule has 28 heavy (non-hydrogen) atoms. The van der Waals surface area contributed by atoms with E-state index in [0.717, 1.165) is 12.1 Å². The zero-order valence-electron chi connectivity index (χ0n) is 15.7. The molecule has 0 spiro atoms. The molecule has 1 heterocycles. The van der Waals surface area contributed by atoms with Gasteiger partial charge in [0.05, 0.1) is 23.3 Å². The van der Waals surface area contributed by atoms with E-state index in [1.54, 1.807) is 26.8 Å². The Morgan fingerprint density at radius 1 is 1.25 bits per heavy atom. The van der Waals surface area contributed by atoms with Crippen molar-refractivity contribution in [3.63, 3.8) is 0 Å². The highest BCUT2D eigenvalue weighted by atomic mass is 16.6. The maximum Gasteiger partial charge on any atom is 0.338 e. The Morgan fingerprint density at radius 3 is 2.43 bits per heavy atom. The molecule has 0 amide bonds. The lowest BCUT2D eigenvalue weighted by Gasteiger charge is -2.51. The molecule has 3 N–H and O–H groups in total. The summed E-state index contributed by atoms with van der Waals surface area (Å²) >= 11 is 0. The second-order valence-corrected chi connectivity index (χ2v) is 7.89. The van der Waals surface area contributed by atoms with Crippen molar-refractivity contribution in [2.24, 2.45) is 11.3 Å². The van der Waals surface area contributed by atoms with Crippen LogP contribution in [-0.2, 0) is 14.3 Å². The molecule has 2 aliphatic rings. The maximum atomic E-state index is 12.6. The van der Waals surface area contributed by atoms with Crippen molar-refractivity contribution in [2.45, 2.75) is 38.9 Å². The molecule has 1 aliphatic carbocycles. The quantitative estimate of drug-likeness (QED) is 0.519. The number of esters is 1. The number of ether oxygens (including phenoxy) is 2. The average Bonchev–Trinajstić information content (AvgIpc) is 2.63. The molecule has 148 valence electrons. The lowest BCUT2D eigenvalue weighted by Crippen LogP contribution is -2.57. The van der Waals surface area contributed by atoms with Crippen LogP contribution in [0.25, 0.3) is 0 Å². The first-order chi connectivity index (χ1) is 13.0. The Labute approximate surface area is 161 Å². The van der Waals surface area contributed by atoms with Gasteiger partial charge in [0.1, 0.15) is 12.2 Å². The van der Waals surface area contributed by atoms with Crippen LogP contribution in [0, 0.1) is 22.7 Å². The van der Waals surface area contributed by atoms with Gasteiger partial charge in [0.2, 0.25) is 0 Å². The van der Waals surface area contributed by atoms with Gasteiger partial charge < -0.3 is 24.8 Å². The lowest BCUT2D eigenvalue weighted by atomic mass is 9.59. The number of hydrogen-bond acceptors (Lipinski definition) is 8. The smallest absolute Gasteiger partial charge is 0.338 e. The molecule has 8 nitrogen and oxygen atoms in total. The van der Waals surface area contributed by atoms with E-state index in [1.165, 1.54) is 0 Å². The van der Waals surface area contributed by atoms with E-state index < -0.39 is 40.3 Å². The zero-order valence-corrected chi connectivity index (χ0v) is 15.7. The van der Waals surface area contributed by atoms with E-state index in [9.17, 15) is 30.2 Å². The number of phenols is 3. The normalized spacial score (nSPS) is 28.6. The van der Waals surface area contributed by atoms with Gasteiger partial charge in [0.15, 0.2) is 23.0 Å². The van der Waals surface area contributed by atoms with Gasteiger partial charge in [-0.05, 0) is 31.6 Å². The number of benzene rings is 1. The molecule has 0 saturated carbocycles. The molecule has 3 rings (SSSR count). The van der Waals surface area contributed by atoms with E-state index in [0.29, 0.717) is 6.42 Å². The minimum atomic E-state index is -0.880. The number of phenolic OH excluding ortho intramolecular Hbond substituents is 3. The van der Waals surface area contributed by atoms with Gasteiger partial charge in [0, 0.05) is 11.3 Å². The summed E-state index contributed by atoms with van der Waals surface area (Å²) in [6.45, 7) is 5.35. The minimum Gasteiger partial charge on any atom is -0.504 e. The van der Waals surface area contributed by atoms with Crippen molar-refractivity contribution in [2.75, 3.05) is 6.61 Å². The lowest BCUT2D eigenvalue weighted by molar-refractivity contribution is -0.168. The summed E-state index contributed by atoms with van der Waals surface area (Å²) in [4.78, 5) is 25.0. The molecular weight excluding hydrogens is 366 g/mol. The molecule has 3 atom stereocenters. The predicted octanol–water partition coefficient (Wildman–Crippen LogP) is 2.18. The van der Waals surface area contributed by atoms with Crippen LogP contribution in [0.2, 0.25) is 0 Å². The first kappa shape index (κ1) is 19.7. The van der Waals surface area contributed by atoms with Crippen LogP contribution >= 0.6 is 0 Å². The van der Waals surface area contributed by atoms with E-state index in [1.807, 2.05) is 6.07 Å². The third-order valence-corrected chi connectivity index (χ3v) is 5.60. The van der Waals surface area contributed by atoms with Crippen LogP contribution in [0.15, 0.2) is 23.8 Å². The number of fused-ring (bicyclic) bond motifs is 1. The molecule has 2 unspecified atom stereocenters. The Bertz CT molecular complexity index is 904. The molecule has 1 saturated heterocycles. The van der Waals surface area contributed by atoms with Gasteiger partial charge in [-0.3, -0.25) is 4.79 Å². The van der Waals surface area contributed by atoms with Crippen LogP contribution in [0.3, 0.4) is 0 Å². The Balaban J connectivity index is 1.82. The third kappa shape index (κ3) is 3.08. The number of nitrogens with zero attached hydrogens (tertiary/aromatic N) is 1. The number of carbonyl (C=O) groups excluding carboxylic acids is 2. The minimum absolute atomic E-state index is 0.0638.